The molecule has 3 atom stereocenters. The fourth-order valence-corrected chi connectivity index (χ4v) is 9.27. The van der Waals surface area contributed by atoms with Crippen molar-refractivity contribution in [1.82, 2.24) is 14.2 Å². The summed E-state index contributed by atoms with van der Waals surface area (Å²) in [6.45, 7) is 8.59. The molecule has 8 rings (SSSR count). The number of nitrogens with zero attached hydrogens (tertiary/aromatic N) is 2. The second-order valence-corrected chi connectivity index (χ2v) is 14.3. The normalized spacial score (nSPS) is 33.0. The van der Waals surface area contributed by atoms with E-state index in [4.69, 9.17) is 4.74 Å². The van der Waals surface area contributed by atoms with E-state index < -0.39 is 32.1 Å². The zero-order valence-corrected chi connectivity index (χ0v) is 22.1. The molecule has 5 aliphatic heterocycles. The monoisotopic (exact) mass is 509 g/mol. The van der Waals surface area contributed by atoms with Crippen LogP contribution in [0.1, 0.15) is 63.8 Å². The van der Waals surface area contributed by atoms with Gasteiger partial charge in [0, 0.05) is 40.9 Å². The molecule has 6 heterocycles. The van der Waals surface area contributed by atoms with Gasteiger partial charge in [0.15, 0.2) is 0 Å². The molecule has 2 bridgehead atoms. The molecule has 0 radical (unpaired) electrons. The number of rotatable bonds is 1. The van der Waals surface area contributed by atoms with Crippen molar-refractivity contribution in [3.8, 4) is 5.75 Å². The first-order chi connectivity index (χ1) is 16.7. The van der Waals surface area contributed by atoms with Crippen molar-refractivity contribution in [2.45, 2.75) is 75.5 Å². The zero-order valence-electron chi connectivity index (χ0n) is 21.3. The van der Waals surface area contributed by atoms with Crippen LogP contribution in [-0.2, 0) is 31.4 Å². The molecule has 190 valence electrons. The lowest BCUT2D eigenvalue weighted by Gasteiger charge is -2.64. The summed E-state index contributed by atoms with van der Waals surface area (Å²) in [6, 6.07) is 3.80. The van der Waals surface area contributed by atoms with Crippen LogP contribution < -0.4 is 10.1 Å². The number of benzene rings is 1. The summed E-state index contributed by atoms with van der Waals surface area (Å²) < 4.78 is 34.6. The lowest BCUT2D eigenvalue weighted by atomic mass is 9.51. The van der Waals surface area contributed by atoms with Gasteiger partial charge in [0.25, 0.3) is 0 Å². The molecular weight excluding hydrogens is 478 g/mol. The van der Waals surface area contributed by atoms with Crippen LogP contribution in [0.2, 0.25) is 0 Å². The smallest absolute Gasteiger partial charge is 0.249 e. The molecule has 6 aliphatic rings. The van der Waals surface area contributed by atoms with E-state index in [-0.39, 0.29) is 24.2 Å². The molecule has 1 aromatic heterocycles. The Morgan fingerprint density at radius 2 is 1.89 bits per heavy atom. The Labute approximate surface area is 210 Å². The molecular formula is C27H31N3O5S. The van der Waals surface area contributed by atoms with E-state index in [0.717, 1.165) is 28.6 Å². The highest BCUT2D eigenvalue weighted by Crippen LogP contribution is 2.60. The van der Waals surface area contributed by atoms with E-state index >= 15 is 0 Å². The van der Waals surface area contributed by atoms with Crippen LogP contribution in [0.3, 0.4) is 0 Å². The quantitative estimate of drug-likeness (QED) is 0.638. The Morgan fingerprint density at radius 1 is 1.14 bits per heavy atom. The minimum absolute atomic E-state index is 0.0160. The fraction of sp³-hybridized carbons (Fsp3) is 0.556. The molecule has 8 nitrogen and oxygen atoms in total. The van der Waals surface area contributed by atoms with E-state index in [9.17, 15) is 18.0 Å². The van der Waals surface area contributed by atoms with Crippen LogP contribution in [0.4, 0.5) is 0 Å². The van der Waals surface area contributed by atoms with Crippen LogP contribution in [-0.4, -0.2) is 58.6 Å². The van der Waals surface area contributed by atoms with Gasteiger partial charge in [-0.05, 0) is 63.0 Å². The van der Waals surface area contributed by atoms with Gasteiger partial charge < -0.3 is 15.0 Å². The third kappa shape index (κ3) is 2.38. The standard InChI is InChI=1S/C27H31N3O5S/c1-24(2)11-9-16-18(35-24)8-7-15-17-13-27-19(25(3,4)21(17)30(20(15)16)36(5,33)34)14-26(22(31)28-27)10-6-12-29(26)23(27)32/h7-9,11,19H,6,10,12-14H2,1-5H3,(H,28,31)/t19-,26+,27+/m1/s1. The Balaban J connectivity index is 1.56. The van der Waals surface area contributed by atoms with E-state index in [1.165, 1.54) is 10.2 Å². The Bertz CT molecular complexity index is 1570. The Hall–Kier alpha value is -2.81. The molecule has 0 saturated carbocycles. The maximum atomic E-state index is 14.1. The molecule has 2 spiro atoms. The van der Waals surface area contributed by atoms with Crippen LogP contribution >= 0.6 is 0 Å². The number of ether oxygens (including phenoxy) is 1. The van der Waals surface area contributed by atoms with Gasteiger partial charge in [-0.3, -0.25) is 9.59 Å². The number of nitrogens with one attached hydrogen (secondary N) is 1. The molecule has 2 aromatic rings. The highest BCUT2D eigenvalue weighted by atomic mass is 32.2. The number of hydrogen-bond donors (Lipinski definition) is 1. The summed E-state index contributed by atoms with van der Waals surface area (Å²) in [6.07, 6.45) is 7.42. The maximum Gasteiger partial charge on any atom is 0.249 e. The molecule has 4 saturated heterocycles. The third-order valence-electron chi connectivity index (χ3n) is 9.50. The summed E-state index contributed by atoms with van der Waals surface area (Å²) in [7, 11) is -3.71. The summed E-state index contributed by atoms with van der Waals surface area (Å²) in [4.78, 5) is 29.3. The largest absolute Gasteiger partial charge is 0.483 e. The third-order valence-corrected chi connectivity index (χ3v) is 10.5. The van der Waals surface area contributed by atoms with E-state index in [1.807, 2.05) is 56.9 Å². The summed E-state index contributed by atoms with van der Waals surface area (Å²) in [5, 5.41) is 3.98. The highest BCUT2D eigenvalue weighted by molar-refractivity contribution is 7.89. The summed E-state index contributed by atoms with van der Waals surface area (Å²) in [5.74, 6) is 0.340. The van der Waals surface area contributed by atoms with Crippen LogP contribution in [0.5, 0.6) is 5.75 Å². The number of carbonyl (C=O) groups excluding carboxylic acids is 2. The SMILES string of the molecule is CC1(C)C=Cc2c(ccc3c4c(n(S(C)(=O)=O)c23)C(C)(C)[C@H]2C[C@]35CCCN3C(=O)[C@@]2(C4)NC5=O)O1. The second kappa shape index (κ2) is 6.18. The van der Waals surface area contributed by atoms with E-state index in [1.54, 1.807) is 0 Å². The summed E-state index contributed by atoms with van der Waals surface area (Å²) >= 11 is 0. The van der Waals surface area contributed by atoms with Gasteiger partial charge in [0.1, 0.15) is 22.4 Å². The predicted octanol–water partition coefficient (Wildman–Crippen LogP) is 2.72. The molecule has 2 amide bonds. The topological polar surface area (TPSA) is 97.7 Å². The Morgan fingerprint density at radius 3 is 2.61 bits per heavy atom. The van der Waals surface area contributed by atoms with Gasteiger partial charge >= 0.3 is 0 Å². The molecule has 9 heteroatoms. The zero-order chi connectivity index (χ0) is 25.6. The number of amides is 2. The fourth-order valence-electron chi connectivity index (χ4n) is 8.06. The average Bonchev–Trinajstić information content (AvgIpc) is 3.35. The number of fused-ring (bicyclic) bond motifs is 6. The first-order valence-electron chi connectivity index (χ1n) is 12.7. The highest BCUT2D eigenvalue weighted by Gasteiger charge is 2.73. The summed E-state index contributed by atoms with van der Waals surface area (Å²) in [5.41, 5.74) is -0.230. The van der Waals surface area contributed by atoms with Crippen molar-refractivity contribution in [3.63, 3.8) is 0 Å². The van der Waals surface area contributed by atoms with Crippen LogP contribution in [0, 0.1) is 5.92 Å². The van der Waals surface area contributed by atoms with Crippen LogP contribution in [0.15, 0.2) is 18.2 Å². The van der Waals surface area contributed by atoms with Gasteiger partial charge in [0.05, 0.1) is 11.8 Å². The molecule has 36 heavy (non-hydrogen) atoms. The molecule has 1 aliphatic carbocycles. The van der Waals surface area contributed by atoms with Gasteiger partial charge in [-0.15, -0.1) is 0 Å². The number of aromatic nitrogens is 1. The minimum atomic E-state index is -3.71. The van der Waals surface area contributed by atoms with Gasteiger partial charge in [-0.2, -0.15) is 0 Å². The van der Waals surface area contributed by atoms with Crippen molar-refractivity contribution in [2.24, 2.45) is 5.92 Å². The second-order valence-electron chi connectivity index (χ2n) is 12.4. The lowest BCUT2D eigenvalue weighted by molar-refractivity contribution is -0.179. The lowest BCUT2D eigenvalue weighted by Crippen LogP contribution is -2.84. The minimum Gasteiger partial charge on any atom is -0.483 e. The van der Waals surface area contributed by atoms with E-state index in [0.29, 0.717) is 30.7 Å². The Kier molecular flexibility index (Phi) is 3.84. The number of piperidine rings is 2. The van der Waals surface area contributed by atoms with Crippen molar-refractivity contribution in [1.29, 1.82) is 0 Å². The van der Waals surface area contributed by atoms with Crippen LogP contribution in [0.25, 0.3) is 17.0 Å². The van der Waals surface area contributed by atoms with Gasteiger partial charge in [-0.25, -0.2) is 12.4 Å². The van der Waals surface area contributed by atoms with Crippen molar-refractivity contribution in [3.05, 3.63) is 35.0 Å². The number of hydrogen-bond acceptors (Lipinski definition) is 5. The first kappa shape index (κ1) is 22.4. The molecule has 1 N–H and O–H groups in total. The van der Waals surface area contributed by atoms with Crippen molar-refractivity contribution >= 4 is 38.8 Å². The van der Waals surface area contributed by atoms with E-state index in [2.05, 4.69) is 5.32 Å². The average molecular weight is 510 g/mol. The molecule has 1 aromatic carbocycles. The van der Waals surface area contributed by atoms with Gasteiger partial charge in [-0.1, -0.05) is 13.8 Å². The van der Waals surface area contributed by atoms with Crippen molar-refractivity contribution in [2.75, 3.05) is 12.8 Å². The number of piperazine rings is 1. The molecule has 0 unspecified atom stereocenters. The maximum absolute atomic E-state index is 14.1. The molecule has 4 fully saturated rings. The first-order valence-corrected chi connectivity index (χ1v) is 14.5. The predicted molar refractivity (Wildman–Crippen MR) is 135 cm³/mol. The van der Waals surface area contributed by atoms with Gasteiger partial charge in [0.2, 0.25) is 21.8 Å². The van der Waals surface area contributed by atoms with Crippen molar-refractivity contribution < 1.29 is 22.7 Å². The number of carbonyl (C=O) groups is 2.